The molecular formula is C13H25NO3. The third-order valence-corrected chi connectivity index (χ3v) is 3.74. The second kappa shape index (κ2) is 6.36. The lowest BCUT2D eigenvalue weighted by Gasteiger charge is -2.35. The predicted molar refractivity (Wildman–Crippen MR) is 67.1 cm³/mol. The van der Waals surface area contributed by atoms with Crippen LogP contribution in [0.15, 0.2) is 0 Å². The number of hydrogen-bond donors (Lipinski definition) is 2. The van der Waals surface area contributed by atoms with Crippen LogP contribution in [0.4, 0.5) is 0 Å². The van der Waals surface area contributed by atoms with Crippen LogP contribution in [-0.4, -0.2) is 36.4 Å². The Morgan fingerprint density at radius 3 is 2.76 bits per heavy atom. The van der Waals surface area contributed by atoms with E-state index in [0.717, 1.165) is 12.8 Å². The maximum absolute atomic E-state index is 11.4. The molecule has 1 fully saturated rings. The maximum Gasteiger partial charge on any atom is 0.323 e. The molecule has 1 saturated carbocycles. The van der Waals surface area contributed by atoms with Crippen molar-refractivity contribution in [1.82, 2.24) is 5.32 Å². The summed E-state index contributed by atoms with van der Waals surface area (Å²) in [6.45, 7) is 4.47. The smallest absolute Gasteiger partial charge is 0.323 e. The summed E-state index contributed by atoms with van der Waals surface area (Å²) in [4.78, 5) is 11.4. The highest BCUT2D eigenvalue weighted by atomic mass is 16.5. The van der Waals surface area contributed by atoms with E-state index in [1.807, 2.05) is 0 Å². The van der Waals surface area contributed by atoms with Gasteiger partial charge in [-0.3, -0.25) is 10.1 Å². The van der Waals surface area contributed by atoms with Gasteiger partial charge in [0.05, 0.1) is 0 Å². The molecule has 0 spiro atoms. The molecule has 0 aromatic carbocycles. The Morgan fingerprint density at radius 1 is 1.53 bits per heavy atom. The minimum absolute atomic E-state index is 0.330. The normalized spacial score (nSPS) is 28.6. The van der Waals surface area contributed by atoms with E-state index in [4.69, 9.17) is 4.74 Å². The highest BCUT2D eigenvalue weighted by Crippen LogP contribution is 2.25. The fraction of sp³-hybridized carbons (Fsp3) is 0.923. The topological polar surface area (TPSA) is 58.6 Å². The van der Waals surface area contributed by atoms with Gasteiger partial charge >= 0.3 is 5.97 Å². The summed E-state index contributed by atoms with van der Waals surface area (Å²) in [6.07, 6.45) is 5.12. The van der Waals surface area contributed by atoms with Gasteiger partial charge in [-0.2, -0.15) is 0 Å². The van der Waals surface area contributed by atoms with Gasteiger partial charge in [0.2, 0.25) is 0 Å². The Kier molecular flexibility index (Phi) is 5.40. The first-order chi connectivity index (χ1) is 7.98. The minimum Gasteiger partial charge on any atom is -0.480 e. The number of carboxylic acid groups (broad SMARTS) is 1. The molecule has 2 N–H and O–H groups in total. The van der Waals surface area contributed by atoms with Crippen LogP contribution >= 0.6 is 0 Å². The van der Waals surface area contributed by atoms with Crippen molar-refractivity contribution in [2.75, 3.05) is 13.7 Å². The summed E-state index contributed by atoms with van der Waals surface area (Å²) in [7, 11) is 1.60. The molecule has 3 atom stereocenters. The average Bonchev–Trinajstić information content (AvgIpc) is 2.26. The van der Waals surface area contributed by atoms with Gasteiger partial charge in [0.15, 0.2) is 0 Å². The molecule has 0 heterocycles. The first kappa shape index (κ1) is 14.5. The second-order valence-corrected chi connectivity index (χ2v) is 5.49. The van der Waals surface area contributed by atoms with Crippen molar-refractivity contribution < 1.29 is 14.6 Å². The quantitative estimate of drug-likeness (QED) is 0.749. The highest BCUT2D eigenvalue weighted by Gasteiger charge is 2.35. The molecule has 0 amide bonds. The molecular weight excluding hydrogens is 218 g/mol. The van der Waals surface area contributed by atoms with Gasteiger partial charge in [0.25, 0.3) is 0 Å². The molecule has 1 aliphatic rings. The number of methoxy groups -OCH3 is 1. The summed E-state index contributed by atoms with van der Waals surface area (Å²) in [5.74, 6) is -0.0884. The van der Waals surface area contributed by atoms with Gasteiger partial charge in [-0.05, 0) is 32.1 Å². The van der Waals surface area contributed by atoms with Gasteiger partial charge in [-0.1, -0.05) is 19.8 Å². The molecule has 0 aromatic rings. The lowest BCUT2D eigenvalue weighted by Crippen LogP contribution is -2.55. The van der Waals surface area contributed by atoms with E-state index >= 15 is 0 Å². The number of carbonyl (C=O) groups is 1. The Hall–Kier alpha value is -0.610. The number of hydrogen-bond acceptors (Lipinski definition) is 3. The zero-order valence-corrected chi connectivity index (χ0v) is 11.2. The third kappa shape index (κ3) is 4.28. The molecule has 1 rings (SSSR count). The number of rotatable bonds is 6. The molecule has 0 aromatic heterocycles. The Morgan fingerprint density at radius 2 is 2.24 bits per heavy atom. The highest BCUT2D eigenvalue weighted by molar-refractivity contribution is 5.78. The summed E-state index contributed by atoms with van der Waals surface area (Å²) < 4.78 is 4.99. The molecule has 3 unspecified atom stereocenters. The van der Waals surface area contributed by atoms with E-state index in [1.165, 1.54) is 12.8 Å². The molecule has 0 saturated heterocycles. The van der Waals surface area contributed by atoms with Crippen molar-refractivity contribution >= 4 is 5.97 Å². The van der Waals surface area contributed by atoms with Crippen LogP contribution in [0.25, 0.3) is 0 Å². The molecule has 4 heteroatoms. The number of carboxylic acids is 1. The van der Waals surface area contributed by atoms with E-state index in [-0.39, 0.29) is 0 Å². The predicted octanol–water partition coefficient (Wildman–Crippen LogP) is 2.03. The van der Waals surface area contributed by atoms with E-state index < -0.39 is 11.5 Å². The first-order valence-electron chi connectivity index (χ1n) is 6.48. The molecule has 0 radical (unpaired) electrons. The molecule has 0 aliphatic heterocycles. The number of nitrogens with one attached hydrogen (secondary N) is 1. The molecule has 0 bridgehead atoms. The Labute approximate surface area is 104 Å². The van der Waals surface area contributed by atoms with Gasteiger partial charge in [-0.25, -0.2) is 0 Å². The van der Waals surface area contributed by atoms with Crippen molar-refractivity contribution in [3.05, 3.63) is 0 Å². The zero-order valence-electron chi connectivity index (χ0n) is 11.2. The number of ether oxygens (including phenoxy) is 1. The number of aliphatic carboxylic acids is 1. The SMILES string of the molecule is COCCC(C)(NC1CCCC(C)C1)C(=O)O. The standard InChI is InChI=1S/C13H25NO3/c1-10-5-4-6-11(9-10)14-13(2,12(15)16)7-8-17-3/h10-11,14H,4-9H2,1-3H3,(H,15,16). The second-order valence-electron chi connectivity index (χ2n) is 5.49. The van der Waals surface area contributed by atoms with Crippen molar-refractivity contribution in [2.45, 2.75) is 57.5 Å². The van der Waals surface area contributed by atoms with Crippen LogP contribution < -0.4 is 5.32 Å². The summed E-state index contributed by atoms with van der Waals surface area (Å²) in [6, 6.07) is 0.330. The van der Waals surface area contributed by atoms with Gasteiger partial charge in [0, 0.05) is 19.8 Å². The van der Waals surface area contributed by atoms with Crippen LogP contribution in [0.1, 0.15) is 46.0 Å². The van der Waals surface area contributed by atoms with E-state index in [2.05, 4.69) is 12.2 Å². The fourth-order valence-corrected chi connectivity index (χ4v) is 2.56. The van der Waals surface area contributed by atoms with Gasteiger partial charge < -0.3 is 9.84 Å². The van der Waals surface area contributed by atoms with E-state index in [1.54, 1.807) is 14.0 Å². The van der Waals surface area contributed by atoms with Crippen molar-refractivity contribution in [3.8, 4) is 0 Å². The monoisotopic (exact) mass is 243 g/mol. The lowest BCUT2D eigenvalue weighted by atomic mass is 9.85. The lowest BCUT2D eigenvalue weighted by molar-refractivity contribution is -0.145. The van der Waals surface area contributed by atoms with Crippen LogP contribution in [0.5, 0.6) is 0 Å². The fourth-order valence-electron chi connectivity index (χ4n) is 2.56. The van der Waals surface area contributed by atoms with Crippen molar-refractivity contribution in [3.63, 3.8) is 0 Å². The largest absolute Gasteiger partial charge is 0.480 e. The average molecular weight is 243 g/mol. The van der Waals surface area contributed by atoms with Crippen LogP contribution in [0.3, 0.4) is 0 Å². The van der Waals surface area contributed by atoms with Gasteiger partial charge in [0.1, 0.15) is 5.54 Å². The zero-order chi connectivity index (χ0) is 12.9. The van der Waals surface area contributed by atoms with E-state index in [0.29, 0.717) is 25.0 Å². The Balaban J connectivity index is 2.56. The van der Waals surface area contributed by atoms with Crippen LogP contribution in [0, 0.1) is 5.92 Å². The van der Waals surface area contributed by atoms with Crippen molar-refractivity contribution in [1.29, 1.82) is 0 Å². The Bertz CT molecular complexity index is 257. The van der Waals surface area contributed by atoms with Crippen LogP contribution in [0.2, 0.25) is 0 Å². The minimum atomic E-state index is -0.863. The molecule has 1 aliphatic carbocycles. The first-order valence-corrected chi connectivity index (χ1v) is 6.48. The summed E-state index contributed by atoms with van der Waals surface area (Å²) in [5.41, 5.74) is -0.863. The molecule has 100 valence electrons. The summed E-state index contributed by atoms with van der Waals surface area (Å²) in [5, 5.41) is 12.7. The molecule has 4 nitrogen and oxygen atoms in total. The van der Waals surface area contributed by atoms with E-state index in [9.17, 15) is 9.90 Å². The van der Waals surface area contributed by atoms with Crippen molar-refractivity contribution in [2.24, 2.45) is 5.92 Å². The maximum atomic E-state index is 11.4. The summed E-state index contributed by atoms with van der Waals surface area (Å²) >= 11 is 0. The van der Waals surface area contributed by atoms with Crippen LogP contribution in [-0.2, 0) is 9.53 Å². The molecule has 17 heavy (non-hydrogen) atoms. The third-order valence-electron chi connectivity index (χ3n) is 3.74. The van der Waals surface area contributed by atoms with Gasteiger partial charge in [-0.15, -0.1) is 0 Å².